The first-order chi connectivity index (χ1) is 8.97. The van der Waals surface area contributed by atoms with Gasteiger partial charge in [-0.25, -0.2) is 8.78 Å². The number of halogens is 3. The van der Waals surface area contributed by atoms with Gasteiger partial charge in [0.15, 0.2) is 0 Å². The van der Waals surface area contributed by atoms with Gasteiger partial charge in [-0.1, -0.05) is 41.4 Å². The van der Waals surface area contributed by atoms with Crippen LogP contribution >= 0.6 is 11.6 Å². The lowest BCUT2D eigenvalue weighted by atomic mass is 10.00. The van der Waals surface area contributed by atoms with Gasteiger partial charge in [-0.05, 0) is 24.6 Å². The third kappa shape index (κ3) is 3.31. The second kappa shape index (κ2) is 5.68. The van der Waals surface area contributed by atoms with E-state index in [0.29, 0.717) is 0 Å². The summed E-state index contributed by atoms with van der Waals surface area (Å²) in [5.74, 6) is -1.44. The normalized spacial score (nSPS) is 12.5. The van der Waals surface area contributed by atoms with E-state index >= 15 is 0 Å². The molecule has 2 rings (SSSR count). The van der Waals surface area contributed by atoms with Crippen molar-refractivity contribution < 1.29 is 13.9 Å². The molecular formula is C15H13ClF2O. The Labute approximate surface area is 115 Å². The molecule has 100 valence electrons. The quantitative estimate of drug-likeness (QED) is 0.837. The van der Waals surface area contributed by atoms with Crippen LogP contribution in [-0.2, 0) is 6.42 Å². The highest BCUT2D eigenvalue weighted by Crippen LogP contribution is 2.26. The minimum atomic E-state index is -1.10. The van der Waals surface area contributed by atoms with Crippen LogP contribution in [0.3, 0.4) is 0 Å². The Hall–Kier alpha value is -1.45. The Morgan fingerprint density at radius 1 is 1.16 bits per heavy atom. The minimum absolute atomic E-state index is 0.0802. The van der Waals surface area contributed by atoms with Crippen LogP contribution in [0.5, 0.6) is 0 Å². The molecule has 0 radical (unpaired) electrons. The predicted molar refractivity (Wildman–Crippen MR) is 71.2 cm³/mol. The number of hydrogen-bond acceptors (Lipinski definition) is 1. The molecule has 0 fully saturated rings. The molecule has 0 heterocycles. The fraction of sp³-hybridized carbons (Fsp3) is 0.200. The van der Waals surface area contributed by atoms with Crippen molar-refractivity contribution in [3.05, 3.63) is 69.7 Å². The standard InChI is InChI=1S/C15H13ClF2O/c1-9-3-2-4-10(5-9)6-15(19)11-7-14(18)12(16)8-13(11)17/h2-5,7-8,15,19H,6H2,1H3. The van der Waals surface area contributed by atoms with E-state index in [0.717, 1.165) is 23.3 Å². The maximum absolute atomic E-state index is 13.7. The van der Waals surface area contributed by atoms with E-state index in [-0.39, 0.29) is 17.0 Å². The number of aliphatic hydroxyl groups excluding tert-OH is 1. The molecule has 0 saturated carbocycles. The van der Waals surface area contributed by atoms with Crippen molar-refractivity contribution in [2.45, 2.75) is 19.4 Å². The first-order valence-corrected chi connectivity index (χ1v) is 6.23. The van der Waals surface area contributed by atoms with E-state index in [1.807, 2.05) is 31.2 Å². The van der Waals surface area contributed by atoms with Crippen molar-refractivity contribution in [1.82, 2.24) is 0 Å². The predicted octanol–water partition coefficient (Wildman–Crippen LogP) is 4.20. The van der Waals surface area contributed by atoms with Crippen LogP contribution in [0.15, 0.2) is 36.4 Å². The van der Waals surface area contributed by atoms with Gasteiger partial charge in [-0.15, -0.1) is 0 Å². The lowest BCUT2D eigenvalue weighted by molar-refractivity contribution is 0.173. The Morgan fingerprint density at radius 2 is 1.89 bits per heavy atom. The monoisotopic (exact) mass is 282 g/mol. The number of benzene rings is 2. The SMILES string of the molecule is Cc1cccc(CC(O)c2cc(F)c(Cl)cc2F)c1. The zero-order chi connectivity index (χ0) is 14.0. The van der Waals surface area contributed by atoms with Gasteiger partial charge in [-0.2, -0.15) is 0 Å². The van der Waals surface area contributed by atoms with Crippen molar-refractivity contribution >= 4 is 11.6 Å². The highest BCUT2D eigenvalue weighted by Gasteiger charge is 2.16. The zero-order valence-corrected chi connectivity index (χ0v) is 11.1. The van der Waals surface area contributed by atoms with Crippen molar-refractivity contribution in [2.24, 2.45) is 0 Å². The van der Waals surface area contributed by atoms with E-state index in [1.54, 1.807) is 0 Å². The molecule has 1 N–H and O–H groups in total. The summed E-state index contributed by atoms with van der Waals surface area (Å²) < 4.78 is 27.0. The van der Waals surface area contributed by atoms with Gasteiger partial charge >= 0.3 is 0 Å². The van der Waals surface area contributed by atoms with Crippen molar-refractivity contribution in [3.63, 3.8) is 0 Å². The van der Waals surface area contributed by atoms with E-state index in [2.05, 4.69) is 0 Å². The third-order valence-corrected chi connectivity index (χ3v) is 3.20. The number of hydrogen-bond donors (Lipinski definition) is 1. The Kier molecular flexibility index (Phi) is 4.17. The van der Waals surface area contributed by atoms with Gasteiger partial charge < -0.3 is 5.11 Å². The van der Waals surface area contributed by atoms with E-state index in [4.69, 9.17) is 11.6 Å². The second-order valence-corrected chi connectivity index (χ2v) is 4.90. The Bertz CT molecular complexity index is 599. The summed E-state index contributed by atoms with van der Waals surface area (Å²) in [5, 5.41) is 9.72. The molecule has 0 amide bonds. The number of aryl methyl sites for hydroxylation is 1. The van der Waals surface area contributed by atoms with Crippen LogP contribution in [0, 0.1) is 18.6 Å². The fourth-order valence-corrected chi connectivity index (χ4v) is 2.12. The maximum Gasteiger partial charge on any atom is 0.142 e. The lowest BCUT2D eigenvalue weighted by Crippen LogP contribution is -2.05. The van der Waals surface area contributed by atoms with Gasteiger partial charge in [0.25, 0.3) is 0 Å². The van der Waals surface area contributed by atoms with Crippen LogP contribution < -0.4 is 0 Å². The van der Waals surface area contributed by atoms with Gasteiger partial charge in [-0.3, -0.25) is 0 Å². The molecule has 1 unspecified atom stereocenters. The molecule has 0 aromatic heterocycles. The molecule has 0 bridgehead atoms. The van der Waals surface area contributed by atoms with Crippen molar-refractivity contribution in [2.75, 3.05) is 0 Å². The molecule has 0 saturated heterocycles. The van der Waals surface area contributed by atoms with Gasteiger partial charge in [0, 0.05) is 12.0 Å². The highest BCUT2D eigenvalue weighted by atomic mass is 35.5. The molecule has 2 aromatic rings. The molecule has 1 nitrogen and oxygen atoms in total. The van der Waals surface area contributed by atoms with Crippen LogP contribution in [0.1, 0.15) is 22.8 Å². The Morgan fingerprint density at radius 3 is 2.58 bits per heavy atom. The lowest BCUT2D eigenvalue weighted by Gasteiger charge is -2.13. The summed E-state index contributed by atoms with van der Waals surface area (Å²) in [6, 6.07) is 9.34. The molecule has 1 atom stereocenters. The molecule has 0 aliphatic rings. The summed E-state index contributed by atoms with van der Waals surface area (Å²) >= 11 is 5.47. The van der Waals surface area contributed by atoms with Gasteiger partial charge in [0.05, 0.1) is 11.1 Å². The molecule has 4 heteroatoms. The van der Waals surface area contributed by atoms with E-state index < -0.39 is 17.7 Å². The van der Waals surface area contributed by atoms with Gasteiger partial charge in [0.1, 0.15) is 11.6 Å². The molecule has 19 heavy (non-hydrogen) atoms. The first kappa shape index (κ1) is 14.0. The topological polar surface area (TPSA) is 20.2 Å². The molecule has 0 spiro atoms. The molecule has 0 aliphatic heterocycles. The zero-order valence-electron chi connectivity index (χ0n) is 10.3. The molecule has 0 aliphatic carbocycles. The van der Waals surface area contributed by atoms with Gasteiger partial charge in [0.2, 0.25) is 0 Å². The Balaban J connectivity index is 2.25. The van der Waals surface area contributed by atoms with Crippen LogP contribution in [0.4, 0.5) is 8.78 Å². The van der Waals surface area contributed by atoms with E-state index in [9.17, 15) is 13.9 Å². The minimum Gasteiger partial charge on any atom is -0.388 e. The summed E-state index contributed by atoms with van der Waals surface area (Å²) in [6.45, 7) is 1.93. The largest absolute Gasteiger partial charge is 0.388 e. The third-order valence-electron chi connectivity index (χ3n) is 2.91. The highest BCUT2D eigenvalue weighted by molar-refractivity contribution is 6.30. The number of rotatable bonds is 3. The maximum atomic E-state index is 13.7. The fourth-order valence-electron chi connectivity index (χ4n) is 1.97. The van der Waals surface area contributed by atoms with Crippen LogP contribution in [-0.4, -0.2) is 5.11 Å². The summed E-state index contributed by atoms with van der Waals surface area (Å²) in [6.07, 6.45) is -0.881. The van der Waals surface area contributed by atoms with E-state index in [1.165, 1.54) is 0 Å². The molecular weight excluding hydrogens is 270 g/mol. The summed E-state index contributed by atoms with van der Waals surface area (Å²) in [5.41, 5.74) is 1.83. The average molecular weight is 283 g/mol. The first-order valence-electron chi connectivity index (χ1n) is 5.85. The number of aliphatic hydroxyl groups is 1. The summed E-state index contributed by atoms with van der Waals surface area (Å²) in [4.78, 5) is 0. The average Bonchev–Trinajstić information content (AvgIpc) is 2.33. The van der Waals surface area contributed by atoms with Crippen LogP contribution in [0.25, 0.3) is 0 Å². The molecule has 2 aromatic carbocycles. The second-order valence-electron chi connectivity index (χ2n) is 4.50. The van der Waals surface area contributed by atoms with Crippen molar-refractivity contribution in [1.29, 1.82) is 0 Å². The summed E-state index contributed by atoms with van der Waals surface area (Å²) in [7, 11) is 0. The van der Waals surface area contributed by atoms with Crippen LogP contribution in [0.2, 0.25) is 5.02 Å². The van der Waals surface area contributed by atoms with Crippen molar-refractivity contribution in [3.8, 4) is 0 Å². The smallest absolute Gasteiger partial charge is 0.142 e.